The van der Waals surface area contributed by atoms with Crippen molar-refractivity contribution in [2.75, 3.05) is 18.0 Å². The zero-order valence-electron chi connectivity index (χ0n) is 24.4. The second-order valence-corrected chi connectivity index (χ2v) is 12.8. The Morgan fingerprint density at radius 3 is 2.17 bits per heavy atom. The number of rotatable bonds is 13. The number of methoxy groups -OCH3 is 1. The van der Waals surface area contributed by atoms with Crippen molar-refractivity contribution in [2.24, 2.45) is 0 Å². The molecule has 0 aliphatic rings. The van der Waals surface area contributed by atoms with Gasteiger partial charge in [0.25, 0.3) is 10.0 Å². The highest BCUT2D eigenvalue weighted by molar-refractivity contribution is 7.92. The third-order valence-electron chi connectivity index (χ3n) is 6.90. The molecule has 1 N–H and O–H groups in total. The van der Waals surface area contributed by atoms with Crippen molar-refractivity contribution < 1.29 is 22.7 Å². The average Bonchev–Trinajstić information content (AvgIpc) is 2.95. The first-order chi connectivity index (χ1) is 19.9. The van der Waals surface area contributed by atoms with Gasteiger partial charge < -0.3 is 15.0 Å². The van der Waals surface area contributed by atoms with Crippen molar-refractivity contribution in [3.8, 4) is 5.75 Å². The van der Waals surface area contributed by atoms with Gasteiger partial charge in [0.05, 0.1) is 17.7 Å². The summed E-state index contributed by atoms with van der Waals surface area (Å²) in [5.41, 5.74) is 1.72. The van der Waals surface area contributed by atoms with Gasteiger partial charge in [0.15, 0.2) is 0 Å². The zero-order chi connectivity index (χ0) is 31.0. The summed E-state index contributed by atoms with van der Waals surface area (Å²) in [7, 11) is -2.70. The van der Waals surface area contributed by atoms with Crippen molar-refractivity contribution in [1.29, 1.82) is 0 Å². The summed E-state index contributed by atoms with van der Waals surface area (Å²) in [4.78, 5) is 29.0. The summed E-state index contributed by atoms with van der Waals surface area (Å²) in [5, 5.41) is 3.38. The molecule has 3 aromatic carbocycles. The molecular formula is C31H37Cl2N3O5S. The topological polar surface area (TPSA) is 96.0 Å². The first kappa shape index (κ1) is 33.2. The third kappa shape index (κ3) is 8.40. The van der Waals surface area contributed by atoms with E-state index in [0.717, 1.165) is 15.4 Å². The summed E-state index contributed by atoms with van der Waals surface area (Å²) >= 11 is 12.5. The molecule has 2 unspecified atom stereocenters. The van der Waals surface area contributed by atoms with Crippen LogP contribution < -0.4 is 14.4 Å². The Morgan fingerprint density at radius 2 is 1.60 bits per heavy atom. The summed E-state index contributed by atoms with van der Waals surface area (Å²) in [6.07, 6.45) is 1.02. The number of sulfonamides is 1. The monoisotopic (exact) mass is 633 g/mol. The number of ether oxygens (including phenoxy) is 1. The number of carbonyl (C=O) groups excluding carboxylic acids is 2. The number of aryl methyl sites for hydroxylation is 1. The molecule has 2 atom stereocenters. The normalized spacial score (nSPS) is 12.7. The quantitative estimate of drug-likeness (QED) is 0.241. The van der Waals surface area contributed by atoms with Crippen molar-refractivity contribution >= 4 is 50.7 Å². The van der Waals surface area contributed by atoms with Crippen LogP contribution >= 0.6 is 23.2 Å². The highest BCUT2D eigenvalue weighted by atomic mass is 35.5. The highest BCUT2D eigenvalue weighted by Gasteiger charge is 2.34. The minimum atomic E-state index is -4.24. The maximum absolute atomic E-state index is 14.2. The Kier molecular flexibility index (Phi) is 11.7. The van der Waals surface area contributed by atoms with E-state index in [9.17, 15) is 18.0 Å². The molecule has 3 rings (SSSR count). The molecule has 0 heterocycles. The number of nitrogens with zero attached hydrogens (tertiary/aromatic N) is 2. The van der Waals surface area contributed by atoms with Crippen LogP contribution in [0.2, 0.25) is 10.0 Å². The molecule has 42 heavy (non-hydrogen) atoms. The van der Waals surface area contributed by atoms with Gasteiger partial charge in [-0.15, -0.1) is 0 Å². The molecule has 0 fully saturated rings. The van der Waals surface area contributed by atoms with E-state index in [1.807, 2.05) is 33.8 Å². The first-order valence-corrected chi connectivity index (χ1v) is 15.9. The lowest BCUT2D eigenvalue weighted by Crippen LogP contribution is -2.53. The van der Waals surface area contributed by atoms with Gasteiger partial charge in [0.2, 0.25) is 11.8 Å². The lowest BCUT2D eigenvalue weighted by Gasteiger charge is -2.34. The van der Waals surface area contributed by atoms with Crippen LogP contribution in [0.3, 0.4) is 0 Å². The lowest BCUT2D eigenvalue weighted by molar-refractivity contribution is -0.140. The van der Waals surface area contributed by atoms with Gasteiger partial charge >= 0.3 is 0 Å². The van der Waals surface area contributed by atoms with Crippen LogP contribution in [0.25, 0.3) is 0 Å². The fourth-order valence-electron chi connectivity index (χ4n) is 4.38. The maximum Gasteiger partial charge on any atom is 0.264 e. The number of carbonyl (C=O) groups is 2. The summed E-state index contributed by atoms with van der Waals surface area (Å²) in [6.45, 7) is 6.96. The molecule has 0 bridgehead atoms. The van der Waals surface area contributed by atoms with Gasteiger partial charge in [-0.3, -0.25) is 13.9 Å². The first-order valence-electron chi connectivity index (χ1n) is 13.7. The predicted molar refractivity (Wildman–Crippen MR) is 168 cm³/mol. The molecule has 0 aliphatic heterocycles. The van der Waals surface area contributed by atoms with E-state index in [0.29, 0.717) is 18.6 Å². The number of anilines is 1. The molecule has 3 aromatic rings. The van der Waals surface area contributed by atoms with Crippen LogP contribution in [0.1, 0.15) is 44.7 Å². The number of hydrogen-bond acceptors (Lipinski definition) is 5. The summed E-state index contributed by atoms with van der Waals surface area (Å²) in [6, 6.07) is 16.9. The Hall–Kier alpha value is -3.27. The van der Waals surface area contributed by atoms with Crippen molar-refractivity contribution in [2.45, 2.75) is 64.1 Å². The number of benzene rings is 3. The van der Waals surface area contributed by atoms with Crippen LogP contribution in [0.4, 0.5) is 5.69 Å². The average molecular weight is 635 g/mol. The lowest BCUT2D eigenvalue weighted by atomic mass is 10.1. The predicted octanol–water partition coefficient (Wildman–Crippen LogP) is 6.23. The van der Waals surface area contributed by atoms with Crippen LogP contribution in [0, 0.1) is 6.92 Å². The summed E-state index contributed by atoms with van der Waals surface area (Å²) < 4.78 is 34.3. The van der Waals surface area contributed by atoms with Crippen LogP contribution in [-0.4, -0.2) is 50.9 Å². The minimum absolute atomic E-state index is 0.00195. The minimum Gasteiger partial charge on any atom is -0.497 e. The molecule has 0 aliphatic carbocycles. The van der Waals surface area contributed by atoms with Crippen LogP contribution in [0.5, 0.6) is 5.75 Å². The Morgan fingerprint density at radius 1 is 0.952 bits per heavy atom. The van der Waals surface area contributed by atoms with Crippen molar-refractivity contribution in [3.05, 3.63) is 87.9 Å². The molecule has 226 valence electrons. The Bertz CT molecular complexity index is 1480. The third-order valence-corrected chi connectivity index (χ3v) is 9.12. The van der Waals surface area contributed by atoms with Gasteiger partial charge in [0.1, 0.15) is 18.3 Å². The zero-order valence-corrected chi connectivity index (χ0v) is 26.8. The molecule has 0 spiro atoms. The van der Waals surface area contributed by atoms with Gasteiger partial charge in [-0.25, -0.2) is 8.42 Å². The molecule has 0 saturated heterocycles. The second-order valence-electron chi connectivity index (χ2n) is 10.1. The van der Waals surface area contributed by atoms with E-state index in [1.54, 1.807) is 37.4 Å². The standard InChI is InChI=1S/C31H37Cl2N3O5S/c1-6-22(4)34-31(38)29(7-2)35(19-23-9-8-10-27(15-23)41-5)30(37)20-36(26-17-24(32)16-25(33)18-26)42(39,40)28-13-11-21(3)12-14-28/h8-18,22,29H,6-7,19-20H2,1-5H3,(H,34,38). The van der Waals surface area contributed by atoms with Gasteiger partial charge in [-0.05, 0) is 74.7 Å². The molecule has 2 amide bonds. The van der Waals surface area contributed by atoms with E-state index >= 15 is 0 Å². The Balaban J connectivity index is 2.10. The van der Waals surface area contributed by atoms with Crippen LogP contribution in [-0.2, 0) is 26.2 Å². The number of nitrogens with one attached hydrogen (secondary N) is 1. The number of hydrogen-bond donors (Lipinski definition) is 1. The largest absolute Gasteiger partial charge is 0.497 e. The van der Waals surface area contributed by atoms with Gasteiger partial charge in [-0.2, -0.15) is 0 Å². The van der Waals surface area contributed by atoms with E-state index in [-0.39, 0.29) is 39.1 Å². The maximum atomic E-state index is 14.2. The smallest absolute Gasteiger partial charge is 0.264 e. The number of halogens is 2. The van der Waals surface area contributed by atoms with E-state index in [1.165, 1.54) is 35.2 Å². The fraction of sp³-hybridized carbons (Fsp3) is 0.355. The molecule has 0 saturated carbocycles. The highest BCUT2D eigenvalue weighted by Crippen LogP contribution is 2.30. The van der Waals surface area contributed by atoms with Gasteiger partial charge in [0, 0.05) is 22.6 Å². The van der Waals surface area contributed by atoms with Gasteiger partial charge in [-0.1, -0.05) is 66.9 Å². The summed E-state index contributed by atoms with van der Waals surface area (Å²) in [5.74, 6) is -0.299. The van der Waals surface area contributed by atoms with Crippen LogP contribution in [0.15, 0.2) is 71.6 Å². The van der Waals surface area contributed by atoms with E-state index in [4.69, 9.17) is 27.9 Å². The molecule has 11 heteroatoms. The molecule has 0 radical (unpaired) electrons. The molecule has 8 nitrogen and oxygen atoms in total. The SMILES string of the molecule is CCC(C)NC(=O)C(CC)N(Cc1cccc(OC)c1)C(=O)CN(c1cc(Cl)cc(Cl)c1)S(=O)(=O)c1ccc(C)cc1. The van der Waals surface area contributed by atoms with E-state index < -0.39 is 28.5 Å². The second kappa shape index (κ2) is 14.8. The van der Waals surface area contributed by atoms with Crippen molar-refractivity contribution in [1.82, 2.24) is 10.2 Å². The van der Waals surface area contributed by atoms with E-state index in [2.05, 4.69) is 5.32 Å². The Labute approximate surface area is 258 Å². The molecular weight excluding hydrogens is 597 g/mol. The van der Waals surface area contributed by atoms with Crippen molar-refractivity contribution in [3.63, 3.8) is 0 Å². The number of amides is 2. The molecule has 0 aromatic heterocycles. The fourth-order valence-corrected chi connectivity index (χ4v) is 6.29.